The van der Waals surface area contributed by atoms with Crippen molar-refractivity contribution in [1.29, 1.82) is 0 Å². The number of halogens is 2. The molecule has 1 aromatic heterocycles. The average Bonchev–Trinajstić information content (AvgIpc) is 2.72. The molecule has 104 valence electrons. The summed E-state index contributed by atoms with van der Waals surface area (Å²) in [7, 11) is 0. The molecule has 0 radical (unpaired) electrons. The van der Waals surface area contributed by atoms with Crippen LogP contribution in [0.25, 0.3) is 0 Å². The van der Waals surface area contributed by atoms with Gasteiger partial charge < -0.3 is 10.4 Å². The van der Waals surface area contributed by atoms with Crippen molar-refractivity contribution in [2.24, 2.45) is 0 Å². The molecule has 0 saturated carbocycles. The molecule has 0 atom stereocenters. The van der Waals surface area contributed by atoms with Gasteiger partial charge in [0.05, 0.1) is 16.3 Å². The minimum absolute atomic E-state index is 0.212. The minimum atomic E-state index is -1.33. The van der Waals surface area contributed by atoms with Crippen LogP contribution in [0.15, 0.2) is 23.6 Å². The minimum Gasteiger partial charge on any atom is -0.478 e. The van der Waals surface area contributed by atoms with Crippen molar-refractivity contribution in [1.82, 2.24) is 0 Å². The molecular formula is C13H9ClFNO3S. The van der Waals surface area contributed by atoms with E-state index in [1.54, 1.807) is 12.3 Å². The summed E-state index contributed by atoms with van der Waals surface area (Å²) in [6, 6.07) is 3.54. The Morgan fingerprint density at radius 2 is 2.10 bits per heavy atom. The van der Waals surface area contributed by atoms with Crippen LogP contribution in [0.4, 0.5) is 10.1 Å². The molecule has 2 aromatic rings. The van der Waals surface area contributed by atoms with Gasteiger partial charge in [-0.15, -0.1) is 11.3 Å². The summed E-state index contributed by atoms with van der Waals surface area (Å²) < 4.78 is 13.7. The Labute approximate surface area is 122 Å². The van der Waals surface area contributed by atoms with E-state index in [0.29, 0.717) is 0 Å². The maximum absolute atomic E-state index is 13.7. The van der Waals surface area contributed by atoms with Crippen LogP contribution in [0.1, 0.15) is 25.6 Å². The van der Waals surface area contributed by atoms with Gasteiger partial charge in [-0.1, -0.05) is 17.7 Å². The van der Waals surface area contributed by atoms with Crippen LogP contribution >= 0.6 is 22.9 Å². The quantitative estimate of drug-likeness (QED) is 0.905. The number of thiophene rings is 1. The summed E-state index contributed by atoms with van der Waals surface area (Å²) >= 11 is 7.06. The van der Waals surface area contributed by atoms with Gasteiger partial charge in [0, 0.05) is 0 Å². The van der Waals surface area contributed by atoms with E-state index < -0.39 is 17.7 Å². The third-order valence-corrected chi connectivity index (χ3v) is 4.28. The standard InChI is InChI=1S/C13H9ClFNO3S/c1-6-5-20-11(9(6)14)12(17)16-10-7(13(18)19)3-2-4-8(10)15/h2-5H,1H3,(H,16,17)(H,18,19). The number of carbonyl (C=O) groups is 2. The summed E-state index contributed by atoms with van der Waals surface area (Å²) in [5.74, 6) is -2.78. The molecule has 0 spiro atoms. The molecule has 1 amide bonds. The number of hydrogen-bond acceptors (Lipinski definition) is 3. The molecule has 0 saturated heterocycles. The molecule has 7 heteroatoms. The first-order valence-corrected chi connectivity index (χ1v) is 6.74. The Morgan fingerprint density at radius 3 is 2.65 bits per heavy atom. The van der Waals surface area contributed by atoms with E-state index in [0.717, 1.165) is 23.0 Å². The van der Waals surface area contributed by atoms with Crippen molar-refractivity contribution >= 4 is 40.5 Å². The maximum Gasteiger partial charge on any atom is 0.337 e. The zero-order chi connectivity index (χ0) is 14.9. The summed E-state index contributed by atoms with van der Waals surface area (Å²) in [5, 5.41) is 13.2. The second-order valence-corrected chi connectivity index (χ2v) is 5.24. The van der Waals surface area contributed by atoms with Crippen molar-refractivity contribution in [3.05, 3.63) is 50.4 Å². The predicted octanol–water partition coefficient (Wildman–Crippen LogP) is 3.80. The fourth-order valence-corrected chi connectivity index (χ4v) is 2.76. The van der Waals surface area contributed by atoms with E-state index in [1.165, 1.54) is 12.1 Å². The van der Waals surface area contributed by atoms with Crippen LogP contribution in [-0.2, 0) is 0 Å². The smallest absolute Gasteiger partial charge is 0.337 e. The van der Waals surface area contributed by atoms with Gasteiger partial charge in [0.2, 0.25) is 0 Å². The summed E-state index contributed by atoms with van der Waals surface area (Å²) in [4.78, 5) is 23.3. The lowest BCUT2D eigenvalue weighted by Gasteiger charge is -2.08. The number of carbonyl (C=O) groups excluding carboxylic acids is 1. The highest BCUT2D eigenvalue weighted by atomic mass is 35.5. The monoisotopic (exact) mass is 313 g/mol. The Hall–Kier alpha value is -1.92. The van der Waals surface area contributed by atoms with Gasteiger partial charge >= 0.3 is 5.97 Å². The highest BCUT2D eigenvalue weighted by Gasteiger charge is 2.20. The number of carboxylic acid groups (broad SMARTS) is 1. The molecule has 4 nitrogen and oxygen atoms in total. The van der Waals surface area contributed by atoms with Crippen LogP contribution in [0.5, 0.6) is 0 Å². The molecule has 2 rings (SSSR count). The first-order valence-electron chi connectivity index (χ1n) is 5.48. The zero-order valence-corrected chi connectivity index (χ0v) is 11.8. The predicted molar refractivity (Wildman–Crippen MR) is 75.4 cm³/mol. The number of para-hydroxylation sites is 1. The molecule has 0 unspecified atom stereocenters. The van der Waals surface area contributed by atoms with E-state index in [2.05, 4.69) is 5.32 Å². The number of amides is 1. The van der Waals surface area contributed by atoms with Crippen molar-refractivity contribution in [3.8, 4) is 0 Å². The zero-order valence-electron chi connectivity index (χ0n) is 10.2. The Morgan fingerprint density at radius 1 is 1.40 bits per heavy atom. The second kappa shape index (κ2) is 5.60. The Bertz CT molecular complexity index is 699. The van der Waals surface area contributed by atoms with Crippen molar-refractivity contribution in [2.45, 2.75) is 6.92 Å². The average molecular weight is 314 g/mol. The van der Waals surface area contributed by atoms with Gasteiger partial charge in [-0.2, -0.15) is 0 Å². The van der Waals surface area contributed by atoms with E-state index in [9.17, 15) is 14.0 Å². The van der Waals surface area contributed by atoms with E-state index in [-0.39, 0.29) is 21.2 Å². The van der Waals surface area contributed by atoms with Crippen LogP contribution in [-0.4, -0.2) is 17.0 Å². The third kappa shape index (κ3) is 2.66. The normalized spacial score (nSPS) is 10.3. The SMILES string of the molecule is Cc1csc(C(=O)Nc2c(F)cccc2C(=O)O)c1Cl. The maximum atomic E-state index is 13.7. The van der Waals surface area contributed by atoms with Crippen LogP contribution in [0.3, 0.4) is 0 Å². The van der Waals surface area contributed by atoms with Crippen molar-refractivity contribution in [3.63, 3.8) is 0 Å². The number of anilines is 1. The Kier molecular flexibility index (Phi) is 4.06. The van der Waals surface area contributed by atoms with Gasteiger partial charge in [-0.05, 0) is 30.0 Å². The number of nitrogens with one attached hydrogen (secondary N) is 1. The molecule has 0 aliphatic carbocycles. The molecule has 20 heavy (non-hydrogen) atoms. The van der Waals surface area contributed by atoms with Gasteiger partial charge in [0.25, 0.3) is 5.91 Å². The molecule has 0 aliphatic rings. The topological polar surface area (TPSA) is 66.4 Å². The molecule has 0 aliphatic heterocycles. The molecule has 0 fully saturated rings. The Balaban J connectivity index is 2.38. The molecule has 1 heterocycles. The first kappa shape index (κ1) is 14.5. The summed E-state index contributed by atoms with van der Waals surface area (Å²) in [5.41, 5.74) is 0.0451. The molecule has 0 bridgehead atoms. The van der Waals surface area contributed by atoms with E-state index in [4.69, 9.17) is 16.7 Å². The van der Waals surface area contributed by atoms with E-state index in [1.807, 2.05) is 0 Å². The number of carboxylic acids is 1. The number of hydrogen-bond donors (Lipinski definition) is 2. The molecular weight excluding hydrogens is 305 g/mol. The van der Waals surface area contributed by atoms with Crippen LogP contribution in [0.2, 0.25) is 5.02 Å². The fraction of sp³-hybridized carbons (Fsp3) is 0.0769. The largest absolute Gasteiger partial charge is 0.478 e. The molecule has 2 N–H and O–H groups in total. The highest BCUT2D eigenvalue weighted by Crippen LogP contribution is 2.29. The van der Waals surface area contributed by atoms with Crippen LogP contribution in [0, 0.1) is 12.7 Å². The third-order valence-electron chi connectivity index (χ3n) is 2.59. The number of rotatable bonds is 3. The lowest BCUT2D eigenvalue weighted by Crippen LogP contribution is -2.15. The second-order valence-electron chi connectivity index (χ2n) is 3.98. The lowest BCUT2D eigenvalue weighted by atomic mass is 10.1. The van der Waals surface area contributed by atoms with Crippen LogP contribution < -0.4 is 5.32 Å². The summed E-state index contributed by atoms with van der Waals surface area (Å²) in [6.45, 7) is 1.74. The highest BCUT2D eigenvalue weighted by molar-refractivity contribution is 7.13. The van der Waals surface area contributed by atoms with Gasteiger partial charge in [0.1, 0.15) is 10.7 Å². The molecule has 1 aromatic carbocycles. The first-order chi connectivity index (χ1) is 9.41. The van der Waals surface area contributed by atoms with E-state index >= 15 is 0 Å². The summed E-state index contributed by atoms with van der Waals surface area (Å²) in [6.07, 6.45) is 0. The van der Waals surface area contributed by atoms with Gasteiger partial charge in [0.15, 0.2) is 0 Å². The fourth-order valence-electron chi connectivity index (χ4n) is 1.58. The number of benzene rings is 1. The number of aryl methyl sites for hydroxylation is 1. The van der Waals surface area contributed by atoms with Crippen molar-refractivity contribution in [2.75, 3.05) is 5.32 Å². The van der Waals surface area contributed by atoms with Gasteiger partial charge in [-0.3, -0.25) is 4.79 Å². The van der Waals surface area contributed by atoms with Gasteiger partial charge in [-0.25, -0.2) is 9.18 Å². The lowest BCUT2D eigenvalue weighted by molar-refractivity contribution is 0.0697. The number of aromatic carboxylic acids is 1. The van der Waals surface area contributed by atoms with Crippen molar-refractivity contribution < 1.29 is 19.1 Å².